The van der Waals surface area contributed by atoms with Gasteiger partial charge in [-0.2, -0.15) is 0 Å². The van der Waals surface area contributed by atoms with Gasteiger partial charge in [-0.15, -0.1) is 0 Å². The number of amides is 1. The summed E-state index contributed by atoms with van der Waals surface area (Å²) in [5, 5.41) is 1.65. The number of ether oxygens (including phenoxy) is 2. The van der Waals surface area contributed by atoms with Gasteiger partial charge in [-0.05, 0) is 59.7 Å². The molecular weight excluding hydrogens is 575 g/mol. The van der Waals surface area contributed by atoms with Crippen LogP contribution in [0.15, 0.2) is 107 Å². The lowest BCUT2D eigenvalue weighted by molar-refractivity contribution is -0.122. The highest BCUT2D eigenvalue weighted by Gasteiger charge is 2.33. The van der Waals surface area contributed by atoms with Crippen molar-refractivity contribution < 1.29 is 14.3 Å². The first-order chi connectivity index (χ1) is 20.0. The maximum absolute atomic E-state index is 13.6. The molecule has 0 saturated carbocycles. The zero-order chi connectivity index (χ0) is 28.6. The zero-order valence-corrected chi connectivity index (χ0v) is 24.8. The molecule has 208 valence electrons. The third-order valence-electron chi connectivity index (χ3n) is 6.27. The van der Waals surface area contributed by atoms with Crippen molar-refractivity contribution in [3.63, 3.8) is 0 Å². The summed E-state index contributed by atoms with van der Waals surface area (Å²) in [5.74, 6) is 0.809. The van der Waals surface area contributed by atoms with Gasteiger partial charge in [0.15, 0.2) is 16.7 Å². The van der Waals surface area contributed by atoms with Crippen molar-refractivity contribution in [2.24, 2.45) is 4.99 Å². The standard InChI is InChI=1S/C33H28Cl2N2O3S/c1-2-39-29-18-25(17-28(35)31(29)40-22-26-15-9-10-16-27(26)34)19-30-32(38)37(21-24-13-7-4-8-14-24)33(41-30)36-20-23-11-5-3-6-12-23/h3-19H,2,20-22H2,1H3/b30-19+,36-33?. The Morgan fingerprint density at radius 1 is 0.854 bits per heavy atom. The number of benzene rings is 4. The summed E-state index contributed by atoms with van der Waals surface area (Å²) in [6, 6.07) is 31.0. The topological polar surface area (TPSA) is 51.1 Å². The Kier molecular flexibility index (Phi) is 9.67. The molecule has 0 aliphatic carbocycles. The minimum atomic E-state index is -0.112. The molecular formula is C33H28Cl2N2O3S. The number of rotatable bonds is 10. The molecule has 0 aromatic heterocycles. The molecule has 1 aliphatic heterocycles. The number of carbonyl (C=O) groups excluding carboxylic acids is 1. The number of hydrogen-bond acceptors (Lipinski definition) is 5. The molecule has 1 fully saturated rings. The highest BCUT2D eigenvalue weighted by atomic mass is 35.5. The van der Waals surface area contributed by atoms with Gasteiger partial charge in [-0.1, -0.05) is 102 Å². The van der Waals surface area contributed by atoms with Crippen molar-refractivity contribution in [2.45, 2.75) is 26.6 Å². The first-order valence-electron chi connectivity index (χ1n) is 13.2. The molecule has 4 aromatic rings. The van der Waals surface area contributed by atoms with E-state index >= 15 is 0 Å². The van der Waals surface area contributed by atoms with E-state index in [-0.39, 0.29) is 12.5 Å². The van der Waals surface area contributed by atoms with Gasteiger partial charge in [0.05, 0.1) is 29.6 Å². The van der Waals surface area contributed by atoms with Crippen molar-refractivity contribution in [3.05, 3.63) is 134 Å². The van der Waals surface area contributed by atoms with E-state index in [1.807, 2.05) is 104 Å². The van der Waals surface area contributed by atoms with Crippen LogP contribution in [0.5, 0.6) is 11.5 Å². The summed E-state index contributed by atoms with van der Waals surface area (Å²) in [5.41, 5.74) is 3.67. The predicted molar refractivity (Wildman–Crippen MR) is 169 cm³/mol. The largest absolute Gasteiger partial charge is 0.490 e. The van der Waals surface area contributed by atoms with Gasteiger partial charge in [-0.25, -0.2) is 0 Å². The summed E-state index contributed by atoms with van der Waals surface area (Å²) < 4.78 is 11.9. The lowest BCUT2D eigenvalue weighted by Crippen LogP contribution is -2.28. The number of aliphatic imine (C=N–C) groups is 1. The van der Waals surface area contributed by atoms with Gasteiger partial charge in [0.25, 0.3) is 5.91 Å². The maximum atomic E-state index is 13.6. The van der Waals surface area contributed by atoms with Gasteiger partial charge < -0.3 is 9.47 Å². The van der Waals surface area contributed by atoms with E-state index in [9.17, 15) is 4.79 Å². The normalized spacial score (nSPS) is 15.1. The van der Waals surface area contributed by atoms with Crippen LogP contribution in [0.25, 0.3) is 6.08 Å². The maximum Gasteiger partial charge on any atom is 0.267 e. The Hall–Kier alpha value is -3.71. The Morgan fingerprint density at radius 2 is 1.54 bits per heavy atom. The quantitative estimate of drug-likeness (QED) is 0.170. The van der Waals surface area contributed by atoms with Gasteiger partial charge in [-0.3, -0.25) is 14.7 Å². The van der Waals surface area contributed by atoms with Crippen LogP contribution < -0.4 is 9.47 Å². The second kappa shape index (κ2) is 13.8. The minimum Gasteiger partial charge on any atom is -0.490 e. The van der Waals surface area contributed by atoms with E-state index in [1.54, 1.807) is 11.0 Å². The van der Waals surface area contributed by atoms with Crippen molar-refractivity contribution in [3.8, 4) is 11.5 Å². The van der Waals surface area contributed by atoms with E-state index in [2.05, 4.69) is 0 Å². The zero-order valence-electron chi connectivity index (χ0n) is 22.4. The Bertz CT molecular complexity index is 1580. The molecule has 8 heteroatoms. The number of halogens is 2. The number of thioether (sulfide) groups is 1. The fourth-order valence-corrected chi connectivity index (χ4v) is 5.70. The van der Waals surface area contributed by atoms with Crippen LogP contribution in [0.2, 0.25) is 10.0 Å². The molecule has 0 radical (unpaired) electrons. The Balaban J connectivity index is 1.43. The van der Waals surface area contributed by atoms with Gasteiger partial charge >= 0.3 is 0 Å². The van der Waals surface area contributed by atoms with E-state index in [0.717, 1.165) is 22.3 Å². The third-order valence-corrected chi connectivity index (χ3v) is 7.96. The second-order valence-electron chi connectivity index (χ2n) is 9.22. The molecule has 0 spiro atoms. The van der Waals surface area contributed by atoms with Crippen LogP contribution in [0.4, 0.5) is 0 Å². The predicted octanol–water partition coefficient (Wildman–Crippen LogP) is 8.64. The minimum absolute atomic E-state index is 0.112. The van der Waals surface area contributed by atoms with E-state index in [4.69, 9.17) is 37.7 Å². The first-order valence-corrected chi connectivity index (χ1v) is 14.8. The molecule has 1 saturated heterocycles. The summed E-state index contributed by atoms with van der Waals surface area (Å²) in [6.45, 7) is 3.46. The molecule has 5 nitrogen and oxygen atoms in total. The lowest BCUT2D eigenvalue weighted by Gasteiger charge is -2.16. The average molecular weight is 604 g/mol. The van der Waals surface area contributed by atoms with E-state index in [0.29, 0.717) is 51.3 Å². The van der Waals surface area contributed by atoms with E-state index < -0.39 is 0 Å². The fraction of sp³-hybridized carbons (Fsp3) is 0.152. The molecule has 0 N–H and O–H groups in total. The highest BCUT2D eigenvalue weighted by molar-refractivity contribution is 8.18. The molecule has 0 bridgehead atoms. The molecule has 41 heavy (non-hydrogen) atoms. The lowest BCUT2D eigenvalue weighted by atomic mass is 10.1. The SMILES string of the molecule is CCOc1cc(/C=C2/SC(=NCc3ccccc3)N(Cc3ccccc3)C2=O)cc(Cl)c1OCc1ccccc1Cl. The number of amidine groups is 1. The molecule has 1 amide bonds. The summed E-state index contributed by atoms with van der Waals surface area (Å²) in [4.78, 5) is 20.7. The monoisotopic (exact) mass is 602 g/mol. The van der Waals surface area contributed by atoms with Crippen molar-refractivity contribution >= 4 is 52.1 Å². The molecule has 1 heterocycles. The Labute approximate surface area is 254 Å². The van der Waals surface area contributed by atoms with Crippen LogP contribution in [0.1, 0.15) is 29.2 Å². The number of nitrogens with zero attached hydrogens (tertiary/aromatic N) is 2. The highest BCUT2D eigenvalue weighted by Crippen LogP contribution is 2.40. The van der Waals surface area contributed by atoms with Crippen LogP contribution >= 0.6 is 35.0 Å². The van der Waals surface area contributed by atoms with Gasteiger partial charge in [0.2, 0.25) is 0 Å². The van der Waals surface area contributed by atoms with Crippen molar-refractivity contribution in [1.82, 2.24) is 4.90 Å². The first kappa shape index (κ1) is 28.8. The molecule has 5 rings (SSSR count). The van der Waals surface area contributed by atoms with Crippen LogP contribution in [0, 0.1) is 0 Å². The summed E-state index contributed by atoms with van der Waals surface area (Å²) >= 11 is 14.3. The van der Waals surface area contributed by atoms with Gasteiger partial charge in [0.1, 0.15) is 6.61 Å². The second-order valence-corrected chi connectivity index (χ2v) is 11.0. The van der Waals surface area contributed by atoms with Crippen LogP contribution in [-0.4, -0.2) is 22.6 Å². The summed E-state index contributed by atoms with van der Waals surface area (Å²) in [7, 11) is 0. The van der Waals surface area contributed by atoms with Gasteiger partial charge in [0, 0.05) is 10.6 Å². The molecule has 1 aliphatic rings. The Morgan fingerprint density at radius 3 is 2.24 bits per heavy atom. The molecule has 4 aromatic carbocycles. The smallest absolute Gasteiger partial charge is 0.267 e. The summed E-state index contributed by atoms with van der Waals surface area (Å²) in [6.07, 6.45) is 1.82. The van der Waals surface area contributed by atoms with Crippen molar-refractivity contribution in [2.75, 3.05) is 6.61 Å². The van der Waals surface area contributed by atoms with Crippen LogP contribution in [0.3, 0.4) is 0 Å². The molecule has 0 atom stereocenters. The molecule has 0 unspecified atom stereocenters. The van der Waals surface area contributed by atoms with Crippen molar-refractivity contribution in [1.29, 1.82) is 0 Å². The van der Waals surface area contributed by atoms with Crippen LogP contribution in [-0.2, 0) is 24.5 Å². The average Bonchev–Trinajstić information content (AvgIpc) is 3.27. The number of hydrogen-bond donors (Lipinski definition) is 0. The fourth-order valence-electron chi connectivity index (χ4n) is 4.26. The third kappa shape index (κ3) is 7.33. The van der Waals surface area contributed by atoms with E-state index in [1.165, 1.54) is 11.8 Å². The number of carbonyl (C=O) groups is 1.